The zero-order chi connectivity index (χ0) is 14.3. The highest BCUT2D eigenvalue weighted by Crippen LogP contribution is 2.28. The van der Waals surface area contributed by atoms with E-state index in [0.29, 0.717) is 12.2 Å². The van der Waals surface area contributed by atoms with Gasteiger partial charge in [-0.1, -0.05) is 13.0 Å². The zero-order valence-electron chi connectivity index (χ0n) is 11.0. The van der Waals surface area contributed by atoms with E-state index in [4.69, 9.17) is 9.47 Å². The van der Waals surface area contributed by atoms with Crippen LogP contribution in [0, 0.1) is 10.1 Å². The van der Waals surface area contributed by atoms with E-state index < -0.39 is 4.92 Å². The summed E-state index contributed by atoms with van der Waals surface area (Å²) in [5, 5.41) is 10.9. The number of nitrogens with zero attached hydrogens (tertiary/aromatic N) is 1. The van der Waals surface area contributed by atoms with Crippen molar-refractivity contribution in [2.75, 3.05) is 20.3 Å². The third-order valence-corrected chi connectivity index (χ3v) is 2.39. The monoisotopic (exact) mass is 267 g/mol. The first-order valence-corrected chi connectivity index (χ1v) is 5.99. The second-order valence-electron chi connectivity index (χ2n) is 4.06. The molecule has 6 nitrogen and oxygen atoms in total. The smallest absolute Gasteiger partial charge is 0.310 e. The lowest BCUT2D eigenvalue weighted by atomic mass is 10.1. The molecule has 0 unspecified atom stereocenters. The Bertz CT molecular complexity index is 458. The number of Topliss-reactive ketones (excluding diaryl/α,β-unsaturated/α-hetero) is 1. The summed E-state index contributed by atoms with van der Waals surface area (Å²) in [7, 11) is 1.45. The Hall–Kier alpha value is -1.95. The molecule has 0 N–H and O–H groups in total. The van der Waals surface area contributed by atoms with Crippen LogP contribution in [0.1, 0.15) is 18.9 Å². The Morgan fingerprint density at radius 3 is 2.74 bits per heavy atom. The minimum absolute atomic E-state index is 0.0299. The number of ether oxygens (including phenoxy) is 2. The lowest BCUT2D eigenvalue weighted by molar-refractivity contribution is -0.385. The number of benzene rings is 1. The highest BCUT2D eigenvalue weighted by molar-refractivity contribution is 5.82. The number of nitro benzene ring substituents is 1. The molecule has 0 fully saturated rings. The van der Waals surface area contributed by atoms with Gasteiger partial charge in [-0.25, -0.2) is 0 Å². The summed E-state index contributed by atoms with van der Waals surface area (Å²) in [6.45, 7) is 2.34. The Balaban J connectivity index is 2.90. The molecular weight excluding hydrogens is 250 g/mol. The van der Waals surface area contributed by atoms with Gasteiger partial charge in [0.05, 0.1) is 11.5 Å². The van der Waals surface area contributed by atoms with Crippen molar-refractivity contribution in [3.8, 4) is 5.75 Å². The molecule has 0 atom stereocenters. The molecule has 0 aliphatic carbocycles. The first-order chi connectivity index (χ1) is 9.08. The Labute approximate surface area is 111 Å². The normalized spacial score (nSPS) is 10.2. The van der Waals surface area contributed by atoms with Crippen molar-refractivity contribution in [3.05, 3.63) is 33.9 Å². The molecule has 104 valence electrons. The molecule has 1 aromatic carbocycles. The maximum Gasteiger partial charge on any atom is 0.310 e. The van der Waals surface area contributed by atoms with E-state index in [0.717, 1.165) is 6.42 Å². The topological polar surface area (TPSA) is 78.7 Å². The van der Waals surface area contributed by atoms with Gasteiger partial charge in [0.2, 0.25) is 0 Å². The Kier molecular flexibility index (Phi) is 5.95. The van der Waals surface area contributed by atoms with E-state index >= 15 is 0 Å². The number of hydrogen-bond donors (Lipinski definition) is 0. The number of rotatable bonds is 8. The first kappa shape index (κ1) is 15.1. The number of carbonyl (C=O) groups excluding carboxylic acids is 1. The quantitative estimate of drug-likeness (QED) is 0.532. The summed E-state index contributed by atoms with van der Waals surface area (Å²) in [5.41, 5.74) is 0.593. The van der Waals surface area contributed by atoms with Crippen LogP contribution in [-0.2, 0) is 16.0 Å². The van der Waals surface area contributed by atoms with Gasteiger partial charge in [0.25, 0.3) is 0 Å². The fourth-order valence-electron chi connectivity index (χ4n) is 1.59. The van der Waals surface area contributed by atoms with Crippen LogP contribution in [0.2, 0.25) is 0 Å². The highest BCUT2D eigenvalue weighted by Gasteiger charge is 2.16. The molecule has 0 aromatic heterocycles. The minimum Gasteiger partial charge on any atom is -0.487 e. The van der Waals surface area contributed by atoms with Gasteiger partial charge < -0.3 is 9.47 Å². The van der Waals surface area contributed by atoms with Crippen molar-refractivity contribution in [1.29, 1.82) is 0 Å². The summed E-state index contributed by atoms with van der Waals surface area (Å²) in [5.74, 6) is 0.118. The summed E-state index contributed by atoms with van der Waals surface area (Å²) >= 11 is 0. The van der Waals surface area contributed by atoms with Crippen LogP contribution in [0.25, 0.3) is 0 Å². The van der Waals surface area contributed by atoms with E-state index in [1.165, 1.54) is 13.2 Å². The molecule has 19 heavy (non-hydrogen) atoms. The minimum atomic E-state index is -0.494. The van der Waals surface area contributed by atoms with Gasteiger partial charge in [-0.15, -0.1) is 0 Å². The van der Waals surface area contributed by atoms with Crippen molar-refractivity contribution < 1.29 is 19.2 Å². The Morgan fingerprint density at radius 2 is 2.16 bits per heavy atom. The third kappa shape index (κ3) is 4.67. The summed E-state index contributed by atoms with van der Waals surface area (Å²) in [6.07, 6.45) is 0.929. The van der Waals surface area contributed by atoms with Crippen molar-refractivity contribution in [3.63, 3.8) is 0 Å². The third-order valence-electron chi connectivity index (χ3n) is 2.39. The van der Waals surface area contributed by atoms with Crippen LogP contribution < -0.4 is 4.74 Å². The zero-order valence-corrected chi connectivity index (χ0v) is 11.0. The fourth-order valence-corrected chi connectivity index (χ4v) is 1.59. The van der Waals surface area contributed by atoms with Crippen LogP contribution in [0.15, 0.2) is 18.2 Å². The molecular formula is C13H17NO5. The van der Waals surface area contributed by atoms with Crippen LogP contribution in [0.3, 0.4) is 0 Å². The standard InChI is InChI=1S/C13H17NO5/c1-3-6-19-13-8-10(7-11(15)9-18-2)4-5-12(13)14(16)17/h4-5,8H,3,6-7,9H2,1-2H3. The number of nitro groups is 1. The summed E-state index contributed by atoms with van der Waals surface area (Å²) in [6, 6.07) is 4.46. The molecule has 0 radical (unpaired) electrons. The van der Waals surface area contributed by atoms with Crippen molar-refractivity contribution >= 4 is 11.5 Å². The number of ketones is 1. The molecule has 6 heteroatoms. The van der Waals surface area contributed by atoms with E-state index in [1.54, 1.807) is 12.1 Å². The molecule has 0 spiro atoms. The van der Waals surface area contributed by atoms with Gasteiger partial charge in [0.1, 0.15) is 6.61 Å². The second kappa shape index (κ2) is 7.48. The van der Waals surface area contributed by atoms with Gasteiger partial charge >= 0.3 is 5.69 Å². The average molecular weight is 267 g/mol. The lowest BCUT2D eigenvalue weighted by Gasteiger charge is -2.07. The molecule has 0 aliphatic heterocycles. The van der Waals surface area contributed by atoms with Gasteiger partial charge in [-0.05, 0) is 18.1 Å². The lowest BCUT2D eigenvalue weighted by Crippen LogP contribution is -2.10. The van der Waals surface area contributed by atoms with Crippen LogP contribution >= 0.6 is 0 Å². The number of carbonyl (C=O) groups is 1. The molecule has 0 bridgehead atoms. The maximum absolute atomic E-state index is 11.5. The first-order valence-electron chi connectivity index (χ1n) is 5.99. The van der Waals surface area contributed by atoms with Crippen LogP contribution in [0.4, 0.5) is 5.69 Å². The highest BCUT2D eigenvalue weighted by atomic mass is 16.6. The largest absolute Gasteiger partial charge is 0.487 e. The Morgan fingerprint density at radius 1 is 1.42 bits per heavy atom. The number of hydrogen-bond acceptors (Lipinski definition) is 5. The summed E-state index contributed by atoms with van der Waals surface area (Å²) < 4.78 is 10.1. The second-order valence-corrected chi connectivity index (χ2v) is 4.06. The molecule has 0 saturated carbocycles. The van der Waals surface area contributed by atoms with Crippen LogP contribution in [-0.4, -0.2) is 31.0 Å². The van der Waals surface area contributed by atoms with Crippen molar-refractivity contribution in [1.82, 2.24) is 0 Å². The van der Waals surface area contributed by atoms with Gasteiger partial charge in [0.15, 0.2) is 11.5 Å². The summed E-state index contributed by atoms with van der Waals surface area (Å²) in [4.78, 5) is 21.8. The van der Waals surface area contributed by atoms with Gasteiger partial charge in [-0.2, -0.15) is 0 Å². The molecule has 1 rings (SSSR count). The van der Waals surface area contributed by atoms with E-state index in [1.807, 2.05) is 6.92 Å². The van der Waals surface area contributed by atoms with E-state index in [2.05, 4.69) is 0 Å². The van der Waals surface area contributed by atoms with Gasteiger partial charge in [-0.3, -0.25) is 14.9 Å². The molecule has 0 heterocycles. The van der Waals surface area contributed by atoms with E-state index in [-0.39, 0.29) is 30.2 Å². The fraction of sp³-hybridized carbons (Fsp3) is 0.462. The average Bonchev–Trinajstić information content (AvgIpc) is 2.36. The molecule has 1 aromatic rings. The molecule has 0 saturated heterocycles. The number of methoxy groups -OCH3 is 1. The van der Waals surface area contributed by atoms with Crippen LogP contribution in [0.5, 0.6) is 5.75 Å². The van der Waals surface area contributed by atoms with Crippen molar-refractivity contribution in [2.24, 2.45) is 0 Å². The molecule has 0 aliphatic rings. The predicted octanol–water partition coefficient (Wildman–Crippen LogP) is 2.14. The predicted molar refractivity (Wildman–Crippen MR) is 69.5 cm³/mol. The van der Waals surface area contributed by atoms with Crippen molar-refractivity contribution in [2.45, 2.75) is 19.8 Å². The van der Waals surface area contributed by atoms with Gasteiger partial charge in [0, 0.05) is 19.6 Å². The maximum atomic E-state index is 11.5. The SMILES string of the molecule is CCCOc1cc(CC(=O)COC)ccc1[N+](=O)[O-]. The van der Waals surface area contributed by atoms with E-state index in [9.17, 15) is 14.9 Å². The molecule has 0 amide bonds.